The van der Waals surface area contributed by atoms with E-state index in [1.165, 1.54) is 4.88 Å². The second-order valence-corrected chi connectivity index (χ2v) is 5.22. The van der Waals surface area contributed by atoms with Crippen molar-refractivity contribution in [3.63, 3.8) is 0 Å². The van der Waals surface area contributed by atoms with Crippen molar-refractivity contribution in [3.8, 4) is 0 Å². The number of aromatic nitrogens is 2. The molecule has 0 saturated heterocycles. The van der Waals surface area contributed by atoms with Crippen molar-refractivity contribution in [3.05, 3.63) is 39.1 Å². The monoisotopic (exact) mass is 269 g/mol. The molecule has 0 bridgehead atoms. The minimum absolute atomic E-state index is 0.787. The smallest absolute Gasteiger partial charge is 0.148 e. The average molecular weight is 270 g/mol. The van der Waals surface area contributed by atoms with Gasteiger partial charge in [-0.15, -0.1) is 16.4 Å². The highest BCUT2D eigenvalue weighted by Gasteiger charge is 1.97. The zero-order valence-corrected chi connectivity index (χ0v) is 9.68. The van der Waals surface area contributed by atoms with Gasteiger partial charge in [0.1, 0.15) is 5.82 Å². The molecule has 0 aliphatic rings. The van der Waals surface area contributed by atoms with Crippen LogP contribution in [0.3, 0.4) is 0 Å². The summed E-state index contributed by atoms with van der Waals surface area (Å²) in [6, 6.07) is 7.88. The molecule has 0 aliphatic carbocycles. The molecule has 0 unspecified atom stereocenters. The molecule has 72 valence electrons. The summed E-state index contributed by atoms with van der Waals surface area (Å²) in [6.45, 7) is 0.787. The number of nitrogens with zero attached hydrogens (tertiary/aromatic N) is 2. The van der Waals surface area contributed by atoms with Crippen LogP contribution in [0.15, 0.2) is 34.2 Å². The van der Waals surface area contributed by atoms with E-state index in [-0.39, 0.29) is 0 Å². The maximum absolute atomic E-state index is 3.93. The quantitative estimate of drug-likeness (QED) is 0.931. The summed E-state index contributed by atoms with van der Waals surface area (Å²) in [4.78, 5) is 1.27. The van der Waals surface area contributed by atoms with Crippen molar-refractivity contribution in [2.75, 3.05) is 5.32 Å². The van der Waals surface area contributed by atoms with Crippen molar-refractivity contribution in [2.24, 2.45) is 0 Å². The van der Waals surface area contributed by atoms with Gasteiger partial charge in [0.05, 0.1) is 10.3 Å². The van der Waals surface area contributed by atoms with E-state index in [1.54, 1.807) is 17.5 Å². The van der Waals surface area contributed by atoms with Gasteiger partial charge in [0.15, 0.2) is 0 Å². The van der Waals surface area contributed by atoms with Gasteiger partial charge in [-0.3, -0.25) is 0 Å². The van der Waals surface area contributed by atoms with Crippen LogP contribution in [-0.4, -0.2) is 10.2 Å². The van der Waals surface area contributed by atoms with Gasteiger partial charge in [-0.25, -0.2) is 0 Å². The number of hydrogen-bond donors (Lipinski definition) is 1. The molecule has 0 aromatic carbocycles. The lowest BCUT2D eigenvalue weighted by Crippen LogP contribution is -1.99. The summed E-state index contributed by atoms with van der Waals surface area (Å²) in [5.74, 6) is 0.803. The van der Waals surface area contributed by atoms with E-state index in [2.05, 4.69) is 37.5 Å². The van der Waals surface area contributed by atoms with Crippen LogP contribution in [-0.2, 0) is 6.54 Å². The maximum Gasteiger partial charge on any atom is 0.148 e. The highest BCUT2D eigenvalue weighted by molar-refractivity contribution is 9.11. The molecule has 0 atom stereocenters. The molecular weight excluding hydrogens is 262 g/mol. The van der Waals surface area contributed by atoms with E-state index >= 15 is 0 Å². The molecule has 5 heteroatoms. The zero-order valence-electron chi connectivity index (χ0n) is 7.27. The number of thiophene rings is 1. The second kappa shape index (κ2) is 4.52. The Hall–Kier alpha value is -0.940. The lowest BCUT2D eigenvalue weighted by atomic mass is 10.4. The molecule has 0 amide bonds. The molecule has 0 saturated carbocycles. The zero-order chi connectivity index (χ0) is 9.80. The van der Waals surface area contributed by atoms with Crippen LogP contribution < -0.4 is 5.32 Å². The Labute approximate surface area is 94.3 Å². The summed E-state index contributed by atoms with van der Waals surface area (Å²) in [5, 5.41) is 10.9. The third-order valence-corrected chi connectivity index (χ3v) is 3.27. The fourth-order valence-corrected chi connectivity index (χ4v) is 2.44. The average Bonchev–Trinajstić information content (AvgIpc) is 2.63. The Balaban J connectivity index is 1.95. The summed E-state index contributed by atoms with van der Waals surface area (Å²) < 4.78 is 1.15. The van der Waals surface area contributed by atoms with Crippen molar-refractivity contribution < 1.29 is 0 Å². The first-order valence-electron chi connectivity index (χ1n) is 4.10. The van der Waals surface area contributed by atoms with Gasteiger partial charge in [0.2, 0.25) is 0 Å². The van der Waals surface area contributed by atoms with Crippen LogP contribution in [0.4, 0.5) is 5.82 Å². The van der Waals surface area contributed by atoms with Gasteiger partial charge in [-0.05, 0) is 40.2 Å². The molecule has 3 nitrogen and oxygen atoms in total. The first-order valence-corrected chi connectivity index (χ1v) is 5.71. The summed E-state index contributed by atoms with van der Waals surface area (Å²) in [5.41, 5.74) is 0. The minimum Gasteiger partial charge on any atom is -0.364 e. The third-order valence-electron chi connectivity index (χ3n) is 1.64. The number of anilines is 1. The summed E-state index contributed by atoms with van der Waals surface area (Å²) in [7, 11) is 0. The first-order chi connectivity index (χ1) is 6.84. The Kier molecular flexibility index (Phi) is 3.10. The third kappa shape index (κ3) is 2.52. The normalized spacial score (nSPS) is 10.1. The van der Waals surface area contributed by atoms with Gasteiger partial charge >= 0.3 is 0 Å². The van der Waals surface area contributed by atoms with E-state index in [0.29, 0.717) is 0 Å². The number of rotatable bonds is 3. The van der Waals surface area contributed by atoms with Gasteiger partial charge in [-0.2, -0.15) is 5.10 Å². The standard InChI is InChI=1S/C9H8BrN3S/c10-8-4-3-7(14-8)6-11-9-2-1-5-12-13-9/h1-5H,6H2,(H,11,13). The van der Waals surface area contributed by atoms with E-state index in [1.807, 2.05) is 18.2 Å². The largest absolute Gasteiger partial charge is 0.364 e. The van der Waals surface area contributed by atoms with Crippen molar-refractivity contribution >= 4 is 33.1 Å². The van der Waals surface area contributed by atoms with Gasteiger partial charge in [0.25, 0.3) is 0 Å². The molecule has 0 fully saturated rings. The molecule has 0 spiro atoms. The lowest BCUT2D eigenvalue weighted by molar-refractivity contribution is 1.01. The number of halogens is 1. The van der Waals surface area contributed by atoms with Crippen LogP contribution in [0.1, 0.15) is 4.88 Å². The van der Waals surface area contributed by atoms with Gasteiger partial charge < -0.3 is 5.32 Å². The fourth-order valence-electron chi connectivity index (χ4n) is 1.02. The SMILES string of the molecule is Brc1ccc(CNc2cccnn2)s1. The lowest BCUT2D eigenvalue weighted by Gasteiger charge is -2.00. The molecule has 2 aromatic rings. The van der Waals surface area contributed by atoms with E-state index in [4.69, 9.17) is 0 Å². The van der Waals surface area contributed by atoms with Crippen LogP contribution in [0.5, 0.6) is 0 Å². The Morgan fingerprint density at radius 1 is 1.36 bits per heavy atom. The number of hydrogen-bond acceptors (Lipinski definition) is 4. The number of nitrogens with one attached hydrogen (secondary N) is 1. The van der Waals surface area contributed by atoms with Crippen LogP contribution in [0, 0.1) is 0 Å². The molecule has 14 heavy (non-hydrogen) atoms. The molecule has 2 heterocycles. The predicted molar refractivity (Wildman–Crippen MR) is 61.4 cm³/mol. The predicted octanol–water partition coefficient (Wildman–Crippen LogP) is 2.91. The molecule has 2 aromatic heterocycles. The Morgan fingerprint density at radius 2 is 2.29 bits per heavy atom. The van der Waals surface area contributed by atoms with Crippen LogP contribution >= 0.6 is 27.3 Å². The van der Waals surface area contributed by atoms with Crippen molar-refractivity contribution in [2.45, 2.75) is 6.54 Å². The Bertz CT molecular complexity index is 401. The van der Waals surface area contributed by atoms with Crippen LogP contribution in [0.25, 0.3) is 0 Å². The minimum atomic E-state index is 0.787. The first kappa shape index (κ1) is 9.61. The highest BCUT2D eigenvalue weighted by atomic mass is 79.9. The molecule has 1 N–H and O–H groups in total. The van der Waals surface area contributed by atoms with Crippen molar-refractivity contribution in [1.82, 2.24) is 10.2 Å². The summed E-state index contributed by atoms with van der Waals surface area (Å²) >= 11 is 5.13. The molecule has 2 rings (SSSR count). The molecule has 0 radical (unpaired) electrons. The summed E-state index contributed by atoms with van der Waals surface area (Å²) in [6.07, 6.45) is 1.66. The molecule has 0 aliphatic heterocycles. The van der Waals surface area contributed by atoms with Crippen LogP contribution in [0.2, 0.25) is 0 Å². The Morgan fingerprint density at radius 3 is 2.93 bits per heavy atom. The molecular formula is C9H8BrN3S. The van der Waals surface area contributed by atoms with E-state index in [9.17, 15) is 0 Å². The highest BCUT2D eigenvalue weighted by Crippen LogP contribution is 2.22. The van der Waals surface area contributed by atoms with E-state index < -0.39 is 0 Å². The van der Waals surface area contributed by atoms with Gasteiger partial charge in [-0.1, -0.05) is 0 Å². The maximum atomic E-state index is 3.93. The topological polar surface area (TPSA) is 37.8 Å². The van der Waals surface area contributed by atoms with E-state index in [0.717, 1.165) is 16.1 Å². The van der Waals surface area contributed by atoms with Gasteiger partial charge in [0, 0.05) is 11.1 Å². The second-order valence-electron chi connectivity index (χ2n) is 2.67. The van der Waals surface area contributed by atoms with Crippen molar-refractivity contribution in [1.29, 1.82) is 0 Å². The fraction of sp³-hybridized carbons (Fsp3) is 0.111.